The van der Waals surface area contributed by atoms with E-state index >= 15 is 0 Å². The van der Waals surface area contributed by atoms with E-state index in [9.17, 15) is 29.5 Å². The number of benzene rings is 1. The van der Waals surface area contributed by atoms with Gasteiger partial charge in [-0.3, -0.25) is 9.32 Å². The fourth-order valence-corrected chi connectivity index (χ4v) is 2.02. The van der Waals surface area contributed by atoms with Crippen molar-refractivity contribution in [3.63, 3.8) is 0 Å². The van der Waals surface area contributed by atoms with Crippen LogP contribution >= 0.6 is 7.82 Å². The molecule has 0 radical (unpaired) electrons. The van der Waals surface area contributed by atoms with Crippen molar-refractivity contribution in [2.45, 2.75) is 24.9 Å². The Hall–Kier alpha value is -1.85. The van der Waals surface area contributed by atoms with Crippen molar-refractivity contribution in [2.75, 3.05) is 5.32 Å². The van der Waals surface area contributed by atoms with E-state index < -0.39 is 44.6 Å². The molecule has 1 amide bonds. The van der Waals surface area contributed by atoms with Crippen molar-refractivity contribution in [3.05, 3.63) is 29.8 Å². The van der Waals surface area contributed by atoms with Gasteiger partial charge >= 0.3 is 13.8 Å². The summed E-state index contributed by atoms with van der Waals surface area (Å²) < 4.78 is 14.3. The van der Waals surface area contributed by atoms with Crippen molar-refractivity contribution in [1.29, 1.82) is 0 Å². The third-order valence-corrected chi connectivity index (χ3v) is 3.23. The number of aromatic carboxylic acids is 1. The average Bonchev–Trinajstić information content (AvgIpc) is 2.44. The van der Waals surface area contributed by atoms with E-state index in [-0.39, 0.29) is 11.3 Å². The molecule has 3 unspecified atom stereocenters. The third-order valence-electron chi connectivity index (χ3n) is 2.74. The molecule has 0 aromatic heterocycles. The minimum atomic E-state index is -5.09. The van der Waals surface area contributed by atoms with Gasteiger partial charge in [0.15, 0.2) is 6.29 Å². The van der Waals surface area contributed by atoms with Gasteiger partial charge in [-0.15, -0.1) is 0 Å². The van der Waals surface area contributed by atoms with Crippen LogP contribution in [0.3, 0.4) is 0 Å². The van der Waals surface area contributed by atoms with Crippen molar-refractivity contribution >= 4 is 25.4 Å². The molecule has 0 saturated carbocycles. The molecule has 0 saturated heterocycles. The van der Waals surface area contributed by atoms with Gasteiger partial charge in [0.1, 0.15) is 6.10 Å². The van der Waals surface area contributed by atoms with Crippen LogP contribution in [0.2, 0.25) is 0 Å². The maximum Gasteiger partial charge on any atom is 0.472 e. The molecule has 0 aliphatic rings. The van der Waals surface area contributed by atoms with Crippen LogP contribution < -0.4 is 5.32 Å². The normalized spacial score (nSPS) is 15.4. The molecule has 134 valence electrons. The van der Waals surface area contributed by atoms with E-state index in [0.29, 0.717) is 0 Å². The molecule has 0 aliphatic heterocycles. The fraction of sp³-hybridized carbons (Fsp3) is 0.333. The Morgan fingerprint density at radius 2 is 1.67 bits per heavy atom. The number of phosphoric ester groups is 1. The Morgan fingerprint density at radius 1 is 1.12 bits per heavy atom. The Labute approximate surface area is 135 Å². The topological polar surface area (TPSA) is 194 Å². The van der Waals surface area contributed by atoms with E-state index in [4.69, 9.17) is 14.9 Å². The van der Waals surface area contributed by atoms with Crippen molar-refractivity contribution in [1.82, 2.24) is 0 Å². The summed E-state index contributed by atoms with van der Waals surface area (Å²) >= 11 is 0. The molecule has 0 bridgehead atoms. The minimum Gasteiger partial charge on any atom is -0.478 e. The van der Waals surface area contributed by atoms with E-state index in [2.05, 4.69) is 9.84 Å². The first kappa shape index (κ1) is 20.2. The van der Waals surface area contributed by atoms with Crippen molar-refractivity contribution in [2.24, 2.45) is 0 Å². The Balaban J connectivity index is 2.57. The highest BCUT2D eigenvalue weighted by Gasteiger charge is 2.32. The number of hydrogen-bond acceptors (Lipinski definition) is 7. The molecule has 11 nitrogen and oxygen atoms in total. The lowest BCUT2D eigenvalue weighted by Crippen LogP contribution is -2.40. The van der Waals surface area contributed by atoms with Gasteiger partial charge in [0, 0.05) is 5.69 Å². The summed E-state index contributed by atoms with van der Waals surface area (Å²) in [5.74, 6) is -1.95. The summed E-state index contributed by atoms with van der Waals surface area (Å²) in [7, 11) is -5.09. The lowest BCUT2D eigenvalue weighted by molar-refractivity contribution is -0.154. The summed E-state index contributed by atoms with van der Waals surface area (Å²) in [6.45, 7) is 0. The maximum atomic E-state index is 11.7. The van der Waals surface area contributed by atoms with E-state index in [1.165, 1.54) is 24.3 Å². The second-order valence-electron chi connectivity index (χ2n) is 4.68. The van der Waals surface area contributed by atoms with Crippen LogP contribution in [0.25, 0.3) is 0 Å². The van der Waals surface area contributed by atoms with Gasteiger partial charge in [0.05, 0.1) is 18.1 Å². The molecular weight excluding hydrogens is 349 g/mol. The van der Waals surface area contributed by atoms with Crippen molar-refractivity contribution in [3.8, 4) is 0 Å². The third kappa shape index (κ3) is 6.72. The van der Waals surface area contributed by atoms with Gasteiger partial charge in [-0.2, -0.15) is 0 Å². The number of anilines is 1. The Kier molecular flexibility index (Phi) is 6.99. The molecule has 12 heteroatoms. The maximum absolute atomic E-state index is 11.7. The number of amides is 1. The second-order valence-corrected chi connectivity index (χ2v) is 5.87. The first-order chi connectivity index (χ1) is 11.0. The highest BCUT2D eigenvalue weighted by Crippen LogP contribution is 2.37. The van der Waals surface area contributed by atoms with Gasteiger partial charge in [-0.1, -0.05) is 0 Å². The number of carbonyl (C=O) groups excluding carboxylic acids is 1. The fourth-order valence-electron chi connectivity index (χ4n) is 1.61. The van der Waals surface area contributed by atoms with Gasteiger partial charge < -0.3 is 35.5 Å². The first-order valence-corrected chi connectivity index (χ1v) is 7.94. The van der Waals surface area contributed by atoms with E-state index in [0.717, 1.165) is 0 Å². The van der Waals surface area contributed by atoms with Crippen LogP contribution in [-0.4, -0.2) is 60.6 Å². The Bertz CT molecular complexity index is 627. The van der Waals surface area contributed by atoms with Crippen LogP contribution in [0, 0.1) is 0 Å². The summed E-state index contributed by atoms with van der Waals surface area (Å²) in [4.78, 5) is 39.3. The highest BCUT2D eigenvalue weighted by atomic mass is 31.2. The monoisotopic (exact) mass is 365 g/mol. The van der Waals surface area contributed by atoms with E-state index in [1.807, 2.05) is 0 Å². The zero-order chi connectivity index (χ0) is 18.5. The number of aliphatic hydroxyl groups is 3. The molecule has 3 atom stereocenters. The molecule has 0 heterocycles. The number of carboxylic acids is 1. The number of nitrogens with one attached hydrogen (secondary N) is 1. The molecule has 1 aromatic rings. The quantitative estimate of drug-likeness (QED) is 0.219. The largest absolute Gasteiger partial charge is 0.478 e. The van der Waals surface area contributed by atoms with Gasteiger partial charge in [-0.05, 0) is 24.3 Å². The van der Waals surface area contributed by atoms with Gasteiger partial charge in [-0.25, -0.2) is 9.36 Å². The van der Waals surface area contributed by atoms with Crippen molar-refractivity contribution < 1.29 is 48.9 Å². The van der Waals surface area contributed by atoms with Gasteiger partial charge in [0.2, 0.25) is 5.91 Å². The van der Waals surface area contributed by atoms with Crippen LogP contribution in [0.1, 0.15) is 16.8 Å². The van der Waals surface area contributed by atoms with Crippen LogP contribution in [0.4, 0.5) is 5.69 Å². The zero-order valence-corrected chi connectivity index (χ0v) is 12.9. The number of carbonyl (C=O) groups is 2. The SMILES string of the molecule is O=C(CC(O)C(O)C(O)OP(=O)(O)O)Nc1ccc(C(=O)O)cc1. The summed E-state index contributed by atoms with van der Waals surface area (Å²) in [6, 6.07) is 5.08. The molecule has 0 aliphatic carbocycles. The average molecular weight is 365 g/mol. The number of carboxylic acid groups (broad SMARTS) is 1. The number of rotatable bonds is 8. The molecule has 7 N–H and O–H groups in total. The number of phosphoric acid groups is 1. The van der Waals surface area contributed by atoms with E-state index in [1.54, 1.807) is 0 Å². The van der Waals surface area contributed by atoms with Crippen LogP contribution in [0.15, 0.2) is 24.3 Å². The molecule has 1 rings (SSSR count). The van der Waals surface area contributed by atoms with Crippen LogP contribution in [-0.2, 0) is 13.9 Å². The van der Waals surface area contributed by atoms with Crippen LogP contribution in [0.5, 0.6) is 0 Å². The predicted octanol–water partition coefficient (Wildman–Crippen LogP) is -1.14. The van der Waals surface area contributed by atoms with Gasteiger partial charge in [0.25, 0.3) is 0 Å². The standard InChI is InChI=1S/C12H16NO10P/c14-8(10(16)12(19)23-24(20,21)22)5-9(15)13-7-3-1-6(2-4-7)11(17)18/h1-4,8,10,12,14,16,19H,5H2,(H,13,15)(H,17,18)(H2,20,21,22). The minimum absolute atomic E-state index is 0.00108. The second kappa shape index (κ2) is 8.31. The first-order valence-electron chi connectivity index (χ1n) is 6.41. The molecule has 0 fully saturated rings. The highest BCUT2D eigenvalue weighted by molar-refractivity contribution is 7.46. The lowest BCUT2D eigenvalue weighted by Gasteiger charge is -2.22. The summed E-state index contributed by atoms with van der Waals surface area (Å²) in [5, 5.41) is 39.2. The predicted molar refractivity (Wildman–Crippen MR) is 77.8 cm³/mol. The Morgan fingerprint density at radius 3 is 2.12 bits per heavy atom. The number of hydrogen-bond donors (Lipinski definition) is 7. The molecule has 0 spiro atoms. The molecule has 1 aromatic carbocycles. The number of aliphatic hydroxyl groups excluding tert-OH is 3. The summed E-state index contributed by atoms with van der Waals surface area (Å²) in [6.07, 6.45) is -7.13. The smallest absolute Gasteiger partial charge is 0.472 e. The summed E-state index contributed by atoms with van der Waals surface area (Å²) in [5.41, 5.74) is 0.222. The zero-order valence-electron chi connectivity index (χ0n) is 12.0. The molecule has 24 heavy (non-hydrogen) atoms. The lowest BCUT2D eigenvalue weighted by atomic mass is 10.1. The molecular formula is C12H16NO10P.